The van der Waals surface area contributed by atoms with Gasteiger partial charge in [0.05, 0.1) is 24.1 Å². The van der Waals surface area contributed by atoms with Gasteiger partial charge in [-0.2, -0.15) is 9.65 Å². The molecule has 0 fully saturated rings. The van der Waals surface area contributed by atoms with E-state index in [9.17, 15) is 13.2 Å². The third kappa shape index (κ3) is 2.60. The van der Waals surface area contributed by atoms with Gasteiger partial charge in [0.2, 0.25) is 5.95 Å². The summed E-state index contributed by atoms with van der Waals surface area (Å²) < 4.78 is 37.8. The lowest BCUT2D eigenvalue weighted by atomic mass is 10.0. The van der Waals surface area contributed by atoms with Crippen molar-refractivity contribution >= 4 is 11.6 Å². The van der Waals surface area contributed by atoms with E-state index in [0.29, 0.717) is 6.07 Å². The monoisotopic (exact) mass is 234 g/mol. The van der Waals surface area contributed by atoms with E-state index in [0.717, 1.165) is 0 Å². The van der Waals surface area contributed by atoms with Crippen LogP contribution in [0.3, 0.4) is 0 Å². The number of nitriles is 1. The summed E-state index contributed by atoms with van der Waals surface area (Å²) in [5.41, 5.74) is -0.503. The van der Waals surface area contributed by atoms with Crippen LogP contribution in [0.1, 0.15) is 23.2 Å². The molecule has 1 heterocycles. The van der Waals surface area contributed by atoms with Gasteiger partial charge in [-0.05, 0) is 5.56 Å². The number of hydrogen-bond donors (Lipinski definition) is 0. The number of aromatic nitrogens is 1. The van der Waals surface area contributed by atoms with E-state index in [1.54, 1.807) is 6.07 Å². The van der Waals surface area contributed by atoms with Gasteiger partial charge >= 0.3 is 0 Å². The molecule has 0 amide bonds. The molecule has 1 aromatic rings. The number of halogens is 4. The fourth-order valence-electron chi connectivity index (χ4n) is 1.20. The third-order valence-corrected chi connectivity index (χ3v) is 2.08. The van der Waals surface area contributed by atoms with Crippen LogP contribution in [0.4, 0.5) is 13.2 Å². The Morgan fingerprint density at radius 2 is 2.20 bits per heavy atom. The average Bonchev–Trinajstić information content (AvgIpc) is 2.19. The molecular formula is C9H6ClF3N2. The lowest BCUT2D eigenvalue weighted by Gasteiger charge is -2.09. The predicted molar refractivity (Wildman–Crippen MR) is 48.0 cm³/mol. The molecule has 0 unspecified atom stereocenters. The quantitative estimate of drug-likeness (QED) is 0.596. The summed E-state index contributed by atoms with van der Waals surface area (Å²) in [6, 6.07) is 2.35. The molecule has 2 nitrogen and oxygen atoms in total. The molecule has 0 aliphatic heterocycles. The second kappa shape index (κ2) is 4.99. The van der Waals surface area contributed by atoms with Gasteiger partial charge in [0, 0.05) is 11.6 Å². The van der Waals surface area contributed by atoms with E-state index in [4.69, 9.17) is 16.9 Å². The summed E-state index contributed by atoms with van der Waals surface area (Å²) in [5, 5.41) is 8.46. The van der Waals surface area contributed by atoms with Crippen LogP contribution in [0, 0.1) is 17.3 Å². The maximum atomic E-state index is 12.8. The smallest absolute Gasteiger partial charge is 0.223 e. The zero-order chi connectivity index (χ0) is 11.4. The molecule has 15 heavy (non-hydrogen) atoms. The Bertz CT molecular complexity index is 401. The van der Waals surface area contributed by atoms with Gasteiger partial charge in [0.15, 0.2) is 0 Å². The van der Waals surface area contributed by atoms with Crippen LogP contribution in [-0.2, 0) is 12.3 Å². The second-order valence-electron chi connectivity index (χ2n) is 2.73. The molecule has 1 aromatic heterocycles. The van der Waals surface area contributed by atoms with Crippen molar-refractivity contribution < 1.29 is 13.2 Å². The lowest BCUT2D eigenvalue weighted by molar-refractivity contribution is 0.149. The van der Waals surface area contributed by atoms with Crippen LogP contribution < -0.4 is 0 Å². The van der Waals surface area contributed by atoms with Crippen molar-refractivity contribution in [2.45, 2.75) is 18.7 Å². The van der Waals surface area contributed by atoms with Crippen molar-refractivity contribution in [1.82, 2.24) is 4.98 Å². The Morgan fingerprint density at radius 3 is 2.67 bits per heavy atom. The van der Waals surface area contributed by atoms with Gasteiger partial charge in [-0.25, -0.2) is 13.8 Å². The van der Waals surface area contributed by atoms with Crippen LogP contribution in [-0.4, -0.2) is 4.98 Å². The molecule has 0 aromatic carbocycles. The number of rotatable bonds is 3. The molecule has 0 aliphatic carbocycles. The molecule has 0 atom stereocenters. The predicted octanol–water partition coefficient (Wildman–Crippen LogP) is 2.96. The van der Waals surface area contributed by atoms with E-state index in [1.807, 2.05) is 0 Å². The molecule has 0 saturated carbocycles. The SMILES string of the molecule is N#CCc1c(C(F)F)cc(F)nc1CCl. The van der Waals surface area contributed by atoms with E-state index in [-0.39, 0.29) is 23.6 Å². The van der Waals surface area contributed by atoms with Crippen LogP contribution in [0.2, 0.25) is 0 Å². The fraction of sp³-hybridized carbons (Fsp3) is 0.333. The van der Waals surface area contributed by atoms with Gasteiger partial charge < -0.3 is 0 Å². The first-order chi connectivity index (χ1) is 7.10. The van der Waals surface area contributed by atoms with Crippen LogP contribution in [0.25, 0.3) is 0 Å². The summed E-state index contributed by atoms with van der Waals surface area (Å²) in [4.78, 5) is 3.37. The Morgan fingerprint density at radius 1 is 1.53 bits per heavy atom. The minimum absolute atomic E-state index is 0.00600. The molecule has 0 bridgehead atoms. The molecule has 0 spiro atoms. The van der Waals surface area contributed by atoms with Crippen molar-refractivity contribution in [1.29, 1.82) is 5.26 Å². The molecule has 80 valence electrons. The number of hydrogen-bond acceptors (Lipinski definition) is 2. The normalized spacial score (nSPS) is 10.4. The highest BCUT2D eigenvalue weighted by atomic mass is 35.5. The summed E-state index contributed by atoms with van der Waals surface area (Å²) in [6.45, 7) is 0. The topological polar surface area (TPSA) is 36.7 Å². The minimum atomic E-state index is -2.84. The summed E-state index contributed by atoms with van der Waals surface area (Å²) in [5.74, 6) is -1.21. The molecule has 0 aliphatic rings. The Balaban J connectivity index is 3.34. The van der Waals surface area contributed by atoms with E-state index in [2.05, 4.69) is 4.98 Å². The molecule has 0 N–H and O–H groups in total. The van der Waals surface area contributed by atoms with Crippen LogP contribution in [0.15, 0.2) is 6.07 Å². The lowest BCUT2D eigenvalue weighted by Crippen LogP contribution is -2.04. The van der Waals surface area contributed by atoms with Crippen LogP contribution >= 0.6 is 11.6 Å². The highest BCUT2D eigenvalue weighted by molar-refractivity contribution is 6.17. The first-order valence-electron chi connectivity index (χ1n) is 3.99. The van der Waals surface area contributed by atoms with E-state index in [1.165, 1.54) is 0 Å². The first-order valence-corrected chi connectivity index (χ1v) is 4.52. The van der Waals surface area contributed by atoms with Gasteiger partial charge in [0.1, 0.15) is 0 Å². The number of nitrogens with zero attached hydrogens (tertiary/aromatic N) is 2. The van der Waals surface area contributed by atoms with Crippen molar-refractivity contribution in [3.05, 3.63) is 28.8 Å². The summed E-state index contributed by atoms with van der Waals surface area (Å²) >= 11 is 5.43. The second-order valence-corrected chi connectivity index (χ2v) is 3.00. The largest absolute Gasteiger partial charge is 0.264 e. The average molecular weight is 235 g/mol. The van der Waals surface area contributed by atoms with Crippen LogP contribution in [0.5, 0.6) is 0 Å². The molecular weight excluding hydrogens is 229 g/mol. The third-order valence-electron chi connectivity index (χ3n) is 1.83. The van der Waals surface area contributed by atoms with Gasteiger partial charge in [-0.15, -0.1) is 11.6 Å². The number of pyridine rings is 1. The van der Waals surface area contributed by atoms with Crippen molar-refractivity contribution in [3.63, 3.8) is 0 Å². The Labute approximate surface area is 89.3 Å². The maximum Gasteiger partial charge on any atom is 0.264 e. The summed E-state index contributed by atoms with van der Waals surface area (Å²) in [6.07, 6.45) is -3.09. The zero-order valence-electron chi connectivity index (χ0n) is 7.48. The maximum absolute atomic E-state index is 12.8. The van der Waals surface area contributed by atoms with Gasteiger partial charge in [-0.3, -0.25) is 0 Å². The van der Waals surface area contributed by atoms with Crippen molar-refractivity contribution in [2.75, 3.05) is 0 Å². The van der Waals surface area contributed by atoms with E-state index >= 15 is 0 Å². The Kier molecular flexibility index (Phi) is 3.92. The highest BCUT2D eigenvalue weighted by Crippen LogP contribution is 2.26. The van der Waals surface area contributed by atoms with Crippen molar-refractivity contribution in [3.8, 4) is 6.07 Å². The zero-order valence-corrected chi connectivity index (χ0v) is 8.23. The van der Waals surface area contributed by atoms with Gasteiger partial charge in [0.25, 0.3) is 6.43 Å². The number of alkyl halides is 3. The molecule has 1 rings (SSSR count). The fourth-order valence-corrected chi connectivity index (χ4v) is 1.42. The van der Waals surface area contributed by atoms with Gasteiger partial charge in [-0.1, -0.05) is 0 Å². The standard InChI is InChI=1S/C9H6ClF3N2/c10-4-7-5(1-2-14)6(9(12)13)3-8(11)15-7/h3,9H,1,4H2. The summed E-state index contributed by atoms with van der Waals surface area (Å²) in [7, 11) is 0. The highest BCUT2D eigenvalue weighted by Gasteiger charge is 2.18. The van der Waals surface area contributed by atoms with Crippen molar-refractivity contribution in [2.24, 2.45) is 0 Å². The Hall–Kier alpha value is -1.28. The molecule has 0 radical (unpaired) electrons. The minimum Gasteiger partial charge on any atom is -0.223 e. The van der Waals surface area contributed by atoms with E-state index < -0.39 is 17.9 Å². The molecule has 6 heteroatoms. The first kappa shape index (κ1) is 11.8. The molecule has 0 saturated heterocycles.